The van der Waals surface area contributed by atoms with Crippen LogP contribution in [0.1, 0.15) is 0 Å². The summed E-state index contributed by atoms with van der Waals surface area (Å²) in [5, 5.41) is -1.94. The van der Waals surface area contributed by atoms with E-state index >= 15 is 0 Å². The summed E-state index contributed by atoms with van der Waals surface area (Å²) in [5.74, 6) is 0. The van der Waals surface area contributed by atoms with Crippen molar-refractivity contribution in [1.82, 2.24) is 0 Å². The number of hydrogen-bond donors (Lipinski definition) is 0. The van der Waals surface area contributed by atoms with Gasteiger partial charge in [0.05, 0.1) is 0 Å². The summed E-state index contributed by atoms with van der Waals surface area (Å²) in [6.07, 6.45) is -2.48. The Labute approximate surface area is 55.5 Å². The fourth-order valence-corrected chi connectivity index (χ4v) is 0. The van der Waals surface area contributed by atoms with E-state index in [1.165, 1.54) is 0 Å². The molecule has 0 aliphatic heterocycles. The summed E-state index contributed by atoms with van der Waals surface area (Å²) in [5.41, 5.74) is 0. The molecular weight excluding hydrogens is 123 g/mol. The molecule has 0 rings (SSSR count). The summed E-state index contributed by atoms with van der Waals surface area (Å²) in [4.78, 5) is 0. The molecule has 0 saturated heterocycles. The molecule has 0 aliphatic rings. The normalized spacial score (nSPS) is 6.86. The molecule has 0 radical (unpaired) electrons. The van der Waals surface area contributed by atoms with Crippen LogP contribution in [-0.4, -0.2) is 18.9 Å². The SMILES string of the molecule is FC(F)=C(F)Cl.[LiH]. The third-order valence-electron chi connectivity index (χ3n) is 0.143. The summed E-state index contributed by atoms with van der Waals surface area (Å²) in [6.45, 7) is 0. The molecule has 0 spiro atoms. The molecule has 0 saturated carbocycles. The maximum atomic E-state index is 10.7. The van der Waals surface area contributed by atoms with Gasteiger partial charge in [0.25, 0.3) is 5.29 Å². The van der Waals surface area contributed by atoms with Gasteiger partial charge in [0.1, 0.15) is 0 Å². The second kappa shape index (κ2) is 4.57. The zero-order chi connectivity index (χ0) is 5.15. The summed E-state index contributed by atoms with van der Waals surface area (Å²) in [6, 6.07) is 0. The Morgan fingerprint density at radius 2 is 1.29 bits per heavy atom. The van der Waals surface area contributed by atoms with Crippen LogP contribution < -0.4 is 0 Å². The first-order chi connectivity index (χ1) is 2.64. The van der Waals surface area contributed by atoms with Crippen LogP contribution in [0.4, 0.5) is 13.2 Å². The van der Waals surface area contributed by atoms with Crippen LogP contribution in [0, 0.1) is 0 Å². The van der Waals surface area contributed by atoms with E-state index in [0.29, 0.717) is 0 Å². The van der Waals surface area contributed by atoms with E-state index in [0.717, 1.165) is 0 Å². The van der Waals surface area contributed by atoms with Gasteiger partial charge < -0.3 is 0 Å². The van der Waals surface area contributed by atoms with Crippen LogP contribution in [0.25, 0.3) is 0 Å². The van der Waals surface area contributed by atoms with Crippen molar-refractivity contribution in [2.75, 3.05) is 0 Å². The van der Waals surface area contributed by atoms with Gasteiger partial charge in [-0.25, -0.2) is 0 Å². The quantitative estimate of drug-likeness (QED) is 0.431. The van der Waals surface area contributed by atoms with Crippen LogP contribution in [0.2, 0.25) is 0 Å². The van der Waals surface area contributed by atoms with Gasteiger partial charge in [0.15, 0.2) is 0 Å². The van der Waals surface area contributed by atoms with E-state index in [1.807, 2.05) is 0 Å². The van der Waals surface area contributed by atoms with E-state index in [4.69, 9.17) is 0 Å². The van der Waals surface area contributed by atoms with Crippen LogP contribution in [-0.2, 0) is 0 Å². The predicted molar refractivity (Wildman–Crippen MR) is 23.4 cm³/mol. The molecule has 5 heteroatoms. The average molecular weight is 124 g/mol. The van der Waals surface area contributed by atoms with E-state index < -0.39 is 11.4 Å². The fourth-order valence-electron chi connectivity index (χ4n) is 0. The van der Waals surface area contributed by atoms with E-state index in [9.17, 15) is 13.2 Å². The van der Waals surface area contributed by atoms with Gasteiger partial charge in [-0.15, -0.1) is 0 Å². The third kappa shape index (κ3) is 6.42. The van der Waals surface area contributed by atoms with Gasteiger partial charge in [-0.05, 0) is 11.6 Å². The Bertz CT molecular complexity index is 63.0. The van der Waals surface area contributed by atoms with E-state index in [2.05, 4.69) is 11.6 Å². The zero-order valence-electron chi connectivity index (χ0n) is 2.51. The molecule has 0 aliphatic carbocycles. The van der Waals surface area contributed by atoms with Crippen LogP contribution in [0.5, 0.6) is 0 Å². The fraction of sp³-hybridized carbons (Fsp3) is 0. The molecule has 38 valence electrons. The number of halogens is 4. The Morgan fingerprint density at radius 3 is 1.29 bits per heavy atom. The molecule has 0 atom stereocenters. The van der Waals surface area contributed by atoms with Crippen LogP contribution in [0.3, 0.4) is 0 Å². The molecule has 0 amide bonds. The van der Waals surface area contributed by atoms with Crippen molar-refractivity contribution in [3.05, 3.63) is 11.4 Å². The molecule has 0 bridgehead atoms. The van der Waals surface area contributed by atoms with Gasteiger partial charge in [-0.3, -0.25) is 0 Å². The minimum absolute atomic E-state index is 0. The molecule has 0 fully saturated rings. The van der Waals surface area contributed by atoms with Crippen LogP contribution in [0.15, 0.2) is 11.4 Å². The van der Waals surface area contributed by atoms with Gasteiger partial charge in [0, 0.05) is 0 Å². The van der Waals surface area contributed by atoms with Crippen molar-refractivity contribution < 1.29 is 13.2 Å². The van der Waals surface area contributed by atoms with Crippen molar-refractivity contribution in [2.45, 2.75) is 0 Å². The third-order valence-corrected chi connectivity index (χ3v) is 0.286. The van der Waals surface area contributed by atoms with Gasteiger partial charge in [-0.1, -0.05) is 0 Å². The molecule has 0 nitrogen and oxygen atoms in total. The topological polar surface area (TPSA) is 0 Å². The van der Waals surface area contributed by atoms with Crippen LogP contribution >= 0.6 is 11.6 Å². The van der Waals surface area contributed by atoms with Crippen molar-refractivity contribution in [3.8, 4) is 0 Å². The molecule has 0 N–H and O–H groups in total. The van der Waals surface area contributed by atoms with Gasteiger partial charge in [0.2, 0.25) is 0 Å². The minimum atomic E-state index is -2.48. The maximum absolute atomic E-state index is 10.7. The molecule has 7 heavy (non-hydrogen) atoms. The molecule has 0 unspecified atom stereocenters. The Hall–Kier alpha value is 0.417. The van der Waals surface area contributed by atoms with E-state index in [-0.39, 0.29) is 18.9 Å². The van der Waals surface area contributed by atoms with Crippen molar-refractivity contribution in [2.24, 2.45) is 0 Å². The first-order valence-corrected chi connectivity index (χ1v) is 1.38. The number of rotatable bonds is 0. The Morgan fingerprint density at radius 1 is 1.14 bits per heavy atom. The average Bonchev–Trinajstić information content (AvgIpc) is 1.36. The summed E-state index contributed by atoms with van der Waals surface area (Å²) >= 11 is 4.08. The number of hydrogen-bond acceptors (Lipinski definition) is 0. The van der Waals surface area contributed by atoms with Gasteiger partial charge in [-0.2, -0.15) is 13.2 Å². The van der Waals surface area contributed by atoms with Gasteiger partial charge >= 0.3 is 24.9 Å². The van der Waals surface area contributed by atoms with Crippen molar-refractivity contribution in [1.29, 1.82) is 0 Å². The molecule has 0 heterocycles. The first-order valence-electron chi connectivity index (χ1n) is 1.01. The van der Waals surface area contributed by atoms with Crippen molar-refractivity contribution >= 4 is 30.5 Å². The zero-order valence-corrected chi connectivity index (χ0v) is 3.27. The van der Waals surface area contributed by atoms with Crippen molar-refractivity contribution in [3.63, 3.8) is 0 Å². The Kier molecular flexibility index (Phi) is 6.80. The second-order valence-corrected chi connectivity index (χ2v) is 0.853. The second-order valence-electron chi connectivity index (χ2n) is 0.521. The molecule has 0 aromatic heterocycles. The standard InChI is InChI=1S/C2ClF3.Li.H/c3-1(4)2(5)6;;. The first kappa shape index (κ1) is 10.4. The monoisotopic (exact) mass is 124 g/mol. The molecule has 0 aromatic carbocycles. The predicted octanol–water partition coefficient (Wildman–Crippen LogP) is 1.61. The van der Waals surface area contributed by atoms with E-state index in [1.54, 1.807) is 0 Å². The molecular formula is C2HClF3Li. The summed E-state index contributed by atoms with van der Waals surface area (Å²) in [7, 11) is 0. The molecule has 0 aromatic rings. The summed E-state index contributed by atoms with van der Waals surface area (Å²) < 4.78 is 31.8. The Balaban J connectivity index is 0.